The van der Waals surface area contributed by atoms with Crippen molar-refractivity contribution in [3.05, 3.63) is 47.1 Å². The highest BCUT2D eigenvalue weighted by molar-refractivity contribution is 6.30. The minimum absolute atomic E-state index is 0.393. The van der Waals surface area contributed by atoms with E-state index in [1.54, 1.807) is 18.2 Å². The molecule has 0 aliphatic carbocycles. The number of nitrogens with one attached hydrogen (secondary N) is 1. The fourth-order valence-electron chi connectivity index (χ4n) is 1.37. The number of nitrogen functional groups attached to an aromatic ring is 1. The number of anilines is 3. The molecule has 0 radical (unpaired) electrons. The van der Waals surface area contributed by atoms with Gasteiger partial charge in [0.1, 0.15) is 11.9 Å². The molecule has 0 atom stereocenters. The second-order valence-electron chi connectivity index (χ2n) is 3.41. The summed E-state index contributed by atoms with van der Waals surface area (Å²) in [6, 6.07) is 10.8. The van der Waals surface area contributed by atoms with Gasteiger partial charge in [0.15, 0.2) is 0 Å². The molecular weight excluding hydrogens is 236 g/mol. The standard InChI is InChI=1S/C12H9ClN4/c13-9-2-1-3-11(5-9)17-12-8(6-14)4-10(15)7-16-12/h1-5,7H,15H2,(H,16,17). The first-order chi connectivity index (χ1) is 8.19. The number of hydrogen-bond donors (Lipinski definition) is 2. The number of hydrogen-bond acceptors (Lipinski definition) is 4. The molecule has 0 saturated heterocycles. The molecule has 0 spiro atoms. The van der Waals surface area contributed by atoms with Crippen LogP contribution in [0.5, 0.6) is 0 Å². The van der Waals surface area contributed by atoms with Gasteiger partial charge in [-0.05, 0) is 24.3 Å². The van der Waals surface area contributed by atoms with Crippen LogP contribution in [0.25, 0.3) is 0 Å². The van der Waals surface area contributed by atoms with Gasteiger partial charge in [-0.1, -0.05) is 17.7 Å². The summed E-state index contributed by atoms with van der Waals surface area (Å²) >= 11 is 5.86. The highest BCUT2D eigenvalue weighted by atomic mass is 35.5. The molecule has 0 aliphatic heterocycles. The molecule has 17 heavy (non-hydrogen) atoms. The van der Waals surface area contributed by atoms with E-state index in [-0.39, 0.29) is 0 Å². The normalized spacial score (nSPS) is 9.65. The third kappa shape index (κ3) is 2.65. The van der Waals surface area contributed by atoms with E-state index in [9.17, 15) is 0 Å². The van der Waals surface area contributed by atoms with E-state index in [4.69, 9.17) is 22.6 Å². The summed E-state index contributed by atoms with van der Waals surface area (Å²) in [6.07, 6.45) is 1.49. The number of nitrogens with two attached hydrogens (primary N) is 1. The molecule has 0 unspecified atom stereocenters. The molecular formula is C12H9ClN4. The summed E-state index contributed by atoms with van der Waals surface area (Å²) < 4.78 is 0. The maximum Gasteiger partial charge on any atom is 0.148 e. The van der Waals surface area contributed by atoms with Crippen molar-refractivity contribution < 1.29 is 0 Å². The van der Waals surface area contributed by atoms with Gasteiger partial charge in [0.2, 0.25) is 0 Å². The topological polar surface area (TPSA) is 74.7 Å². The number of nitrogens with zero attached hydrogens (tertiary/aromatic N) is 2. The second kappa shape index (κ2) is 4.73. The van der Waals surface area contributed by atoms with Gasteiger partial charge in [-0.15, -0.1) is 0 Å². The van der Waals surface area contributed by atoms with Crippen molar-refractivity contribution >= 4 is 28.8 Å². The summed E-state index contributed by atoms with van der Waals surface area (Å²) in [4.78, 5) is 4.07. The van der Waals surface area contributed by atoms with Crippen LogP contribution >= 0.6 is 11.6 Å². The quantitative estimate of drug-likeness (QED) is 0.852. The first-order valence-corrected chi connectivity index (χ1v) is 5.25. The van der Waals surface area contributed by atoms with E-state index in [2.05, 4.69) is 10.3 Å². The number of pyridine rings is 1. The third-order valence-electron chi connectivity index (χ3n) is 2.12. The van der Waals surface area contributed by atoms with Gasteiger partial charge in [0.05, 0.1) is 17.4 Å². The van der Waals surface area contributed by atoms with Crippen LogP contribution in [-0.4, -0.2) is 4.98 Å². The van der Waals surface area contributed by atoms with Crippen molar-refractivity contribution in [3.8, 4) is 6.07 Å². The Balaban J connectivity index is 2.34. The molecule has 0 fully saturated rings. The van der Waals surface area contributed by atoms with Crippen molar-refractivity contribution in [3.63, 3.8) is 0 Å². The van der Waals surface area contributed by atoms with Crippen LogP contribution in [0, 0.1) is 11.3 Å². The summed E-state index contributed by atoms with van der Waals surface area (Å²) in [5.41, 5.74) is 7.18. The lowest BCUT2D eigenvalue weighted by atomic mass is 10.2. The maximum atomic E-state index is 8.96. The zero-order chi connectivity index (χ0) is 12.3. The summed E-state index contributed by atoms with van der Waals surface area (Å²) in [5.74, 6) is 0.462. The third-order valence-corrected chi connectivity index (χ3v) is 2.35. The minimum Gasteiger partial charge on any atom is -0.397 e. The lowest BCUT2D eigenvalue weighted by Gasteiger charge is -2.07. The van der Waals surface area contributed by atoms with Gasteiger partial charge >= 0.3 is 0 Å². The van der Waals surface area contributed by atoms with Gasteiger partial charge < -0.3 is 11.1 Å². The Morgan fingerprint density at radius 3 is 2.88 bits per heavy atom. The molecule has 0 bridgehead atoms. The van der Waals surface area contributed by atoms with Gasteiger partial charge in [-0.25, -0.2) is 4.98 Å². The zero-order valence-corrected chi connectivity index (χ0v) is 9.57. The average Bonchev–Trinajstić information content (AvgIpc) is 2.31. The Hall–Kier alpha value is -2.25. The van der Waals surface area contributed by atoms with Crippen LogP contribution in [0.3, 0.4) is 0 Å². The van der Waals surface area contributed by atoms with Crippen molar-refractivity contribution in [2.75, 3.05) is 11.1 Å². The Kier molecular flexibility index (Phi) is 3.12. The van der Waals surface area contributed by atoms with Crippen LogP contribution in [0.4, 0.5) is 17.2 Å². The van der Waals surface area contributed by atoms with E-state index in [0.29, 0.717) is 22.1 Å². The fourth-order valence-corrected chi connectivity index (χ4v) is 1.56. The van der Waals surface area contributed by atoms with Crippen molar-refractivity contribution in [2.24, 2.45) is 0 Å². The fraction of sp³-hybridized carbons (Fsp3) is 0. The largest absolute Gasteiger partial charge is 0.397 e. The SMILES string of the molecule is N#Cc1cc(N)cnc1Nc1cccc(Cl)c1. The zero-order valence-electron chi connectivity index (χ0n) is 8.81. The number of nitriles is 1. The molecule has 0 saturated carbocycles. The van der Waals surface area contributed by atoms with Crippen LogP contribution in [-0.2, 0) is 0 Å². The minimum atomic E-state index is 0.393. The van der Waals surface area contributed by atoms with Gasteiger partial charge in [-0.3, -0.25) is 0 Å². The monoisotopic (exact) mass is 244 g/mol. The highest BCUT2D eigenvalue weighted by Crippen LogP contribution is 2.22. The molecule has 1 aromatic carbocycles. The highest BCUT2D eigenvalue weighted by Gasteiger charge is 2.04. The van der Waals surface area contributed by atoms with Crippen LogP contribution in [0.15, 0.2) is 36.5 Å². The van der Waals surface area contributed by atoms with Crippen LogP contribution < -0.4 is 11.1 Å². The van der Waals surface area contributed by atoms with Crippen molar-refractivity contribution in [1.82, 2.24) is 4.98 Å². The Labute approximate surface area is 104 Å². The van der Waals surface area contributed by atoms with Gasteiger partial charge in [-0.2, -0.15) is 5.26 Å². The van der Waals surface area contributed by atoms with Crippen molar-refractivity contribution in [1.29, 1.82) is 5.26 Å². The number of aromatic nitrogens is 1. The van der Waals surface area contributed by atoms with E-state index in [1.165, 1.54) is 6.20 Å². The molecule has 0 aliphatic rings. The van der Waals surface area contributed by atoms with Gasteiger partial charge in [0.25, 0.3) is 0 Å². The molecule has 0 amide bonds. The maximum absolute atomic E-state index is 8.96. The van der Waals surface area contributed by atoms with Crippen molar-refractivity contribution in [2.45, 2.75) is 0 Å². The molecule has 2 aromatic rings. The lowest BCUT2D eigenvalue weighted by molar-refractivity contribution is 1.29. The van der Waals surface area contributed by atoms with E-state index in [1.807, 2.05) is 18.2 Å². The van der Waals surface area contributed by atoms with Crippen LogP contribution in [0.2, 0.25) is 5.02 Å². The second-order valence-corrected chi connectivity index (χ2v) is 3.85. The molecule has 1 aromatic heterocycles. The molecule has 4 nitrogen and oxygen atoms in total. The summed E-state index contributed by atoms with van der Waals surface area (Å²) in [5, 5.41) is 12.6. The Bertz CT molecular complexity index is 589. The predicted octanol–water partition coefficient (Wildman–Crippen LogP) is 2.93. The molecule has 84 valence electrons. The smallest absolute Gasteiger partial charge is 0.148 e. The van der Waals surface area contributed by atoms with E-state index in [0.717, 1.165) is 5.69 Å². The lowest BCUT2D eigenvalue weighted by Crippen LogP contribution is -1.98. The molecule has 2 rings (SSSR count). The first kappa shape index (κ1) is 11.2. The van der Waals surface area contributed by atoms with E-state index < -0.39 is 0 Å². The first-order valence-electron chi connectivity index (χ1n) is 4.87. The number of benzene rings is 1. The van der Waals surface area contributed by atoms with Crippen LogP contribution in [0.1, 0.15) is 5.56 Å². The number of halogens is 1. The molecule has 5 heteroatoms. The van der Waals surface area contributed by atoms with Gasteiger partial charge in [0, 0.05) is 10.7 Å². The average molecular weight is 245 g/mol. The molecule has 1 heterocycles. The molecule has 3 N–H and O–H groups in total. The summed E-state index contributed by atoms with van der Waals surface area (Å²) in [6.45, 7) is 0. The Morgan fingerprint density at radius 1 is 1.35 bits per heavy atom. The summed E-state index contributed by atoms with van der Waals surface area (Å²) in [7, 11) is 0. The predicted molar refractivity (Wildman–Crippen MR) is 68.1 cm³/mol. The number of rotatable bonds is 2. The Morgan fingerprint density at radius 2 is 2.18 bits per heavy atom. The van der Waals surface area contributed by atoms with E-state index >= 15 is 0 Å².